The molecule has 0 bridgehead atoms. The zero-order valence-corrected chi connectivity index (χ0v) is 13.9. The third-order valence-corrected chi connectivity index (χ3v) is 6.06. The first-order valence-electron chi connectivity index (χ1n) is 7.38. The minimum absolute atomic E-state index is 0.0835. The van der Waals surface area contributed by atoms with E-state index in [4.69, 9.17) is 0 Å². The normalized spacial score (nSPS) is 19.6. The van der Waals surface area contributed by atoms with Gasteiger partial charge >= 0.3 is 0 Å². The second kappa shape index (κ2) is 5.23. The molecule has 1 aliphatic rings. The predicted molar refractivity (Wildman–Crippen MR) is 86.1 cm³/mol. The Labute approximate surface area is 134 Å². The van der Waals surface area contributed by atoms with E-state index in [9.17, 15) is 18.3 Å². The van der Waals surface area contributed by atoms with Crippen LogP contribution in [0.4, 0.5) is 0 Å². The van der Waals surface area contributed by atoms with Crippen molar-refractivity contribution < 1.29 is 18.3 Å². The highest BCUT2D eigenvalue weighted by Crippen LogP contribution is 2.25. The van der Waals surface area contributed by atoms with Crippen molar-refractivity contribution in [3.8, 4) is 5.75 Å². The van der Waals surface area contributed by atoms with Gasteiger partial charge in [-0.15, -0.1) is 0 Å². The Kier molecular flexibility index (Phi) is 3.59. The van der Waals surface area contributed by atoms with E-state index in [2.05, 4.69) is 10.3 Å². The van der Waals surface area contributed by atoms with E-state index in [1.165, 1.54) is 6.07 Å². The van der Waals surface area contributed by atoms with Gasteiger partial charge < -0.3 is 15.0 Å². The molecular formula is C15H19N3O4S. The molecule has 3 rings (SSSR count). The first-order valence-corrected chi connectivity index (χ1v) is 9.20. The number of hydrogen-bond donors (Lipinski definition) is 2. The van der Waals surface area contributed by atoms with Crippen LogP contribution in [0, 0.1) is 0 Å². The van der Waals surface area contributed by atoms with Gasteiger partial charge in [-0.2, -0.15) is 0 Å². The topological polar surface area (TPSA) is 101 Å². The van der Waals surface area contributed by atoms with Crippen LogP contribution in [-0.2, 0) is 16.9 Å². The van der Waals surface area contributed by atoms with Crippen molar-refractivity contribution >= 4 is 26.8 Å². The molecule has 0 spiro atoms. The number of nitrogens with zero attached hydrogens (tertiary/aromatic N) is 2. The molecule has 1 aliphatic heterocycles. The number of fused-ring (bicyclic) bond motifs is 1. The van der Waals surface area contributed by atoms with E-state index in [0.29, 0.717) is 23.9 Å². The average molecular weight is 337 g/mol. The Morgan fingerprint density at radius 2 is 2.00 bits per heavy atom. The molecule has 2 aromatic rings. The number of benzene rings is 1. The molecule has 23 heavy (non-hydrogen) atoms. The van der Waals surface area contributed by atoms with E-state index in [1.54, 1.807) is 23.7 Å². The van der Waals surface area contributed by atoms with Crippen LogP contribution in [0.2, 0.25) is 0 Å². The van der Waals surface area contributed by atoms with E-state index >= 15 is 0 Å². The average Bonchev–Trinajstić information content (AvgIpc) is 2.80. The molecule has 0 atom stereocenters. The fourth-order valence-electron chi connectivity index (χ4n) is 2.82. The minimum Gasteiger partial charge on any atom is -0.508 e. The van der Waals surface area contributed by atoms with Gasteiger partial charge in [0.2, 0.25) is 0 Å². The van der Waals surface area contributed by atoms with Crippen LogP contribution in [0.5, 0.6) is 5.75 Å². The number of aromatic hydroxyl groups is 1. The summed E-state index contributed by atoms with van der Waals surface area (Å²) in [4.78, 5) is 16.8. The van der Waals surface area contributed by atoms with E-state index in [1.807, 2.05) is 6.92 Å². The molecule has 1 amide bonds. The molecule has 1 aromatic carbocycles. The minimum atomic E-state index is -2.99. The molecule has 1 saturated heterocycles. The van der Waals surface area contributed by atoms with Crippen molar-refractivity contribution in [1.29, 1.82) is 0 Å². The number of aromatic nitrogens is 2. The highest BCUT2D eigenvalue weighted by Gasteiger charge is 2.35. The van der Waals surface area contributed by atoms with Crippen LogP contribution >= 0.6 is 0 Å². The number of imidazole rings is 1. The van der Waals surface area contributed by atoms with Gasteiger partial charge in [-0.3, -0.25) is 4.79 Å². The van der Waals surface area contributed by atoms with Gasteiger partial charge in [0.1, 0.15) is 15.6 Å². The summed E-state index contributed by atoms with van der Waals surface area (Å²) in [6.45, 7) is 1.86. The molecule has 2 N–H and O–H groups in total. The van der Waals surface area contributed by atoms with Gasteiger partial charge in [0.15, 0.2) is 5.82 Å². The van der Waals surface area contributed by atoms with Gasteiger partial charge in [-0.25, -0.2) is 13.4 Å². The lowest BCUT2D eigenvalue weighted by Crippen LogP contribution is -2.51. The third-order valence-electron chi connectivity index (χ3n) is 4.41. The third kappa shape index (κ3) is 3.03. The summed E-state index contributed by atoms with van der Waals surface area (Å²) in [6, 6.07) is 4.72. The number of carbonyl (C=O) groups excluding carboxylic acids is 1. The molecule has 2 heterocycles. The van der Waals surface area contributed by atoms with Crippen LogP contribution in [-0.4, -0.2) is 46.0 Å². The quantitative estimate of drug-likeness (QED) is 0.850. The number of rotatable bonds is 2. The number of aryl methyl sites for hydroxylation is 1. The smallest absolute Gasteiger partial charge is 0.287 e. The maximum Gasteiger partial charge on any atom is 0.287 e. The summed E-state index contributed by atoms with van der Waals surface area (Å²) in [5.41, 5.74) is 0.723. The first-order chi connectivity index (χ1) is 10.7. The zero-order valence-electron chi connectivity index (χ0n) is 13.0. The maximum absolute atomic E-state index is 12.5. The molecule has 0 saturated carbocycles. The summed E-state index contributed by atoms with van der Waals surface area (Å²) >= 11 is 0. The number of phenols is 1. The van der Waals surface area contributed by atoms with Crippen LogP contribution in [0.3, 0.4) is 0 Å². The molecule has 1 fully saturated rings. The number of hydrogen-bond acceptors (Lipinski definition) is 5. The van der Waals surface area contributed by atoms with Crippen molar-refractivity contribution in [3.05, 3.63) is 24.0 Å². The summed E-state index contributed by atoms with van der Waals surface area (Å²) in [5, 5.41) is 12.5. The van der Waals surface area contributed by atoms with Crippen LogP contribution in [0.1, 0.15) is 30.4 Å². The monoisotopic (exact) mass is 337 g/mol. The van der Waals surface area contributed by atoms with Gasteiger partial charge in [0, 0.05) is 18.7 Å². The standard InChI is InChI=1S/C15H19N3O4S/c1-15(5-7-23(21,22)8-6-15)17-14(20)13-16-11-4-3-10(19)9-12(11)18(13)2/h3-4,9,19H,5-8H2,1-2H3,(H,17,20). The zero-order chi connectivity index (χ0) is 16.8. The first kappa shape index (κ1) is 15.8. The Morgan fingerprint density at radius 1 is 1.35 bits per heavy atom. The maximum atomic E-state index is 12.5. The number of nitrogens with one attached hydrogen (secondary N) is 1. The highest BCUT2D eigenvalue weighted by atomic mass is 32.2. The summed E-state index contributed by atoms with van der Waals surface area (Å²) in [6.07, 6.45) is 0.789. The highest BCUT2D eigenvalue weighted by molar-refractivity contribution is 7.91. The van der Waals surface area contributed by atoms with Gasteiger partial charge in [0.25, 0.3) is 5.91 Å². The predicted octanol–water partition coefficient (Wildman–Crippen LogP) is 0.976. The summed E-state index contributed by atoms with van der Waals surface area (Å²) in [5.74, 6) is 0.169. The van der Waals surface area contributed by atoms with Crippen molar-refractivity contribution in [1.82, 2.24) is 14.9 Å². The largest absolute Gasteiger partial charge is 0.508 e. The summed E-state index contributed by atoms with van der Waals surface area (Å²) in [7, 11) is -1.28. The van der Waals surface area contributed by atoms with E-state index in [-0.39, 0.29) is 29.0 Å². The second-order valence-corrected chi connectivity index (χ2v) is 8.64. The van der Waals surface area contributed by atoms with E-state index in [0.717, 1.165) is 0 Å². The number of amides is 1. The van der Waals surface area contributed by atoms with Crippen LogP contribution in [0.25, 0.3) is 11.0 Å². The van der Waals surface area contributed by atoms with Gasteiger partial charge in [-0.1, -0.05) is 0 Å². The molecule has 124 valence electrons. The van der Waals surface area contributed by atoms with Crippen molar-refractivity contribution in [2.45, 2.75) is 25.3 Å². The molecule has 7 nitrogen and oxygen atoms in total. The van der Waals surface area contributed by atoms with Crippen molar-refractivity contribution in [2.75, 3.05) is 11.5 Å². The Morgan fingerprint density at radius 3 is 2.65 bits per heavy atom. The molecular weight excluding hydrogens is 318 g/mol. The lowest BCUT2D eigenvalue weighted by Gasteiger charge is -2.34. The van der Waals surface area contributed by atoms with Crippen LogP contribution < -0.4 is 5.32 Å². The van der Waals surface area contributed by atoms with Gasteiger partial charge in [-0.05, 0) is 31.9 Å². The number of carbonyl (C=O) groups is 1. The second-order valence-electron chi connectivity index (χ2n) is 6.33. The lowest BCUT2D eigenvalue weighted by atomic mass is 9.95. The molecule has 0 radical (unpaired) electrons. The number of phenolic OH excluding ortho intramolecular Hbond substituents is 1. The van der Waals surface area contributed by atoms with E-state index < -0.39 is 15.4 Å². The van der Waals surface area contributed by atoms with Crippen LogP contribution in [0.15, 0.2) is 18.2 Å². The SMILES string of the molecule is Cn1c(C(=O)NC2(C)CCS(=O)(=O)CC2)nc2ccc(O)cc21. The van der Waals surface area contributed by atoms with Crippen molar-refractivity contribution in [3.63, 3.8) is 0 Å². The Bertz CT molecular complexity index is 872. The Balaban J connectivity index is 1.85. The van der Waals surface area contributed by atoms with Gasteiger partial charge in [0.05, 0.1) is 22.5 Å². The fourth-order valence-corrected chi connectivity index (χ4v) is 4.55. The van der Waals surface area contributed by atoms with Crippen molar-refractivity contribution in [2.24, 2.45) is 7.05 Å². The lowest BCUT2D eigenvalue weighted by molar-refractivity contribution is 0.0886. The number of sulfone groups is 1. The molecule has 0 unspecified atom stereocenters. The summed E-state index contributed by atoms with van der Waals surface area (Å²) < 4.78 is 24.7. The molecule has 0 aliphatic carbocycles. The Hall–Kier alpha value is -2.09. The molecule has 8 heteroatoms. The fraction of sp³-hybridized carbons (Fsp3) is 0.467. The molecule has 1 aromatic heterocycles.